The van der Waals surface area contributed by atoms with Gasteiger partial charge < -0.3 is 25.0 Å². The number of alkyl carbamates (subject to hydrolysis) is 1. The van der Waals surface area contributed by atoms with Gasteiger partial charge in [-0.05, 0) is 31.2 Å². The number of ether oxygens (including phenoxy) is 1. The molecule has 8 nitrogen and oxygen atoms in total. The predicted molar refractivity (Wildman–Crippen MR) is 98.2 cm³/mol. The number of likely N-dealkylation sites (tertiary alicyclic amines) is 1. The first-order valence-electron chi connectivity index (χ1n) is 9.01. The highest BCUT2D eigenvalue weighted by atomic mass is 16.5. The third kappa shape index (κ3) is 6.59. The van der Waals surface area contributed by atoms with Crippen LogP contribution in [-0.2, 0) is 16.0 Å². The lowest BCUT2D eigenvalue weighted by atomic mass is 9.76. The first kappa shape index (κ1) is 20.7. The Hall–Kier alpha value is -2.57. The highest BCUT2D eigenvalue weighted by molar-refractivity contribution is 6.43. The Morgan fingerprint density at radius 2 is 2.07 bits per heavy atom. The average Bonchev–Trinajstić information content (AvgIpc) is 2.67. The molecule has 1 saturated heterocycles. The molecule has 144 valence electrons. The Bertz CT molecular complexity index is 665. The first-order valence-corrected chi connectivity index (χ1v) is 9.01. The number of carbonyl (C=O) groups is 2. The lowest BCUT2D eigenvalue weighted by Crippen LogP contribution is -2.50. The lowest BCUT2D eigenvalue weighted by Gasteiger charge is -2.35. The molecule has 0 bridgehead atoms. The number of hydrogen-bond acceptors (Lipinski definition) is 6. The van der Waals surface area contributed by atoms with Crippen molar-refractivity contribution in [2.45, 2.75) is 44.1 Å². The monoisotopic (exact) mass is 373 g/mol. The molecule has 0 radical (unpaired) electrons. The van der Waals surface area contributed by atoms with E-state index in [4.69, 9.17) is 10.00 Å². The van der Waals surface area contributed by atoms with Crippen LogP contribution < -0.4 is 5.32 Å². The van der Waals surface area contributed by atoms with E-state index in [2.05, 4.69) is 5.32 Å². The molecule has 9 heteroatoms. The Morgan fingerprint density at radius 1 is 1.33 bits per heavy atom. The Balaban J connectivity index is 1.87. The van der Waals surface area contributed by atoms with Crippen LogP contribution in [0.5, 0.6) is 0 Å². The molecule has 3 N–H and O–H groups in total. The van der Waals surface area contributed by atoms with Crippen molar-refractivity contribution in [1.82, 2.24) is 10.2 Å². The molecule has 1 fully saturated rings. The SMILES string of the molecule is N#CCC(=O)N1CCCC[C@@H]1COC(=O)N[C@@H](Cc1ccccc1)B(O)O. The van der Waals surface area contributed by atoms with Crippen molar-refractivity contribution < 1.29 is 24.4 Å². The molecule has 1 heterocycles. The van der Waals surface area contributed by atoms with Gasteiger partial charge in [-0.3, -0.25) is 4.79 Å². The standard InChI is InChI=1S/C18H24BN3O5/c20-10-9-17(23)22-11-5-4-8-15(22)13-27-18(24)21-16(19(25)26)12-14-6-2-1-3-7-14/h1-3,6-7,15-16,25-26H,4-5,8-9,11-13H2,(H,21,24)/t15-,16+/m1/s1. The third-order valence-electron chi connectivity index (χ3n) is 4.55. The summed E-state index contributed by atoms with van der Waals surface area (Å²) in [5.74, 6) is -1.18. The third-order valence-corrected chi connectivity index (χ3v) is 4.55. The maximum Gasteiger partial charge on any atom is 0.475 e. The van der Waals surface area contributed by atoms with Gasteiger partial charge >= 0.3 is 13.2 Å². The molecule has 0 saturated carbocycles. The zero-order valence-electron chi connectivity index (χ0n) is 15.1. The summed E-state index contributed by atoms with van der Waals surface area (Å²) in [5, 5.41) is 30.2. The molecule has 1 aliphatic rings. The van der Waals surface area contributed by atoms with Crippen molar-refractivity contribution in [2.24, 2.45) is 0 Å². The Labute approximate surface area is 158 Å². The predicted octanol–water partition coefficient (Wildman–Crippen LogP) is 0.631. The summed E-state index contributed by atoms with van der Waals surface area (Å²) in [7, 11) is -1.74. The van der Waals surface area contributed by atoms with Gasteiger partial charge in [-0.1, -0.05) is 30.3 Å². The van der Waals surface area contributed by atoms with Crippen LogP contribution in [0.3, 0.4) is 0 Å². The van der Waals surface area contributed by atoms with Crippen LogP contribution in [0.15, 0.2) is 30.3 Å². The molecule has 2 atom stereocenters. The highest BCUT2D eigenvalue weighted by Gasteiger charge is 2.29. The summed E-state index contributed by atoms with van der Waals surface area (Å²) < 4.78 is 5.21. The van der Waals surface area contributed by atoms with Crippen LogP contribution in [0.2, 0.25) is 0 Å². The highest BCUT2D eigenvalue weighted by Crippen LogP contribution is 2.18. The van der Waals surface area contributed by atoms with Gasteiger partial charge in [0.05, 0.1) is 18.1 Å². The molecule has 1 aromatic carbocycles. The van der Waals surface area contributed by atoms with Crippen LogP contribution in [0.25, 0.3) is 0 Å². The molecule has 0 aromatic heterocycles. The van der Waals surface area contributed by atoms with Crippen LogP contribution in [-0.4, -0.2) is 59.2 Å². The molecule has 27 heavy (non-hydrogen) atoms. The van der Waals surface area contributed by atoms with Crippen LogP contribution >= 0.6 is 0 Å². The molecule has 2 rings (SSSR count). The largest absolute Gasteiger partial charge is 0.475 e. The minimum Gasteiger partial charge on any atom is -0.447 e. The van der Waals surface area contributed by atoms with E-state index in [-0.39, 0.29) is 31.4 Å². The smallest absolute Gasteiger partial charge is 0.447 e. The second-order valence-corrected chi connectivity index (χ2v) is 6.52. The Kier molecular flexibility index (Phi) is 8.11. The molecule has 1 aromatic rings. The second-order valence-electron chi connectivity index (χ2n) is 6.52. The number of hydrogen-bond donors (Lipinski definition) is 3. The van der Waals surface area contributed by atoms with Crippen molar-refractivity contribution in [3.8, 4) is 6.07 Å². The summed E-state index contributed by atoms with van der Waals surface area (Å²) in [6, 6.07) is 10.7. The zero-order chi connectivity index (χ0) is 19.6. The number of amides is 2. The molecule has 0 spiro atoms. The van der Waals surface area contributed by atoms with Crippen molar-refractivity contribution in [3.05, 3.63) is 35.9 Å². The van der Waals surface area contributed by atoms with Gasteiger partial charge in [0.2, 0.25) is 5.91 Å². The number of benzene rings is 1. The second kappa shape index (κ2) is 10.6. The molecular weight excluding hydrogens is 349 g/mol. The van der Waals surface area contributed by atoms with Gasteiger partial charge in [-0.2, -0.15) is 5.26 Å². The summed E-state index contributed by atoms with van der Waals surface area (Å²) in [6.45, 7) is 0.546. The summed E-state index contributed by atoms with van der Waals surface area (Å²) in [5.41, 5.74) is 0.844. The van der Waals surface area contributed by atoms with Gasteiger partial charge in [0, 0.05) is 6.54 Å². The van der Waals surface area contributed by atoms with Crippen LogP contribution in [0.1, 0.15) is 31.2 Å². The van der Waals surface area contributed by atoms with Gasteiger partial charge in [-0.25, -0.2) is 4.79 Å². The van der Waals surface area contributed by atoms with E-state index in [0.29, 0.717) is 13.0 Å². The van der Waals surface area contributed by atoms with E-state index in [1.54, 1.807) is 4.90 Å². The number of carbonyl (C=O) groups excluding carboxylic acids is 2. The first-order chi connectivity index (χ1) is 13.0. The quantitative estimate of drug-likeness (QED) is 0.603. The summed E-state index contributed by atoms with van der Waals surface area (Å²) in [6.07, 6.45) is 1.73. The van der Waals surface area contributed by atoms with Crippen molar-refractivity contribution >= 4 is 19.1 Å². The molecule has 0 unspecified atom stereocenters. The Morgan fingerprint density at radius 3 is 2.74 bits per heavy atom. The van der Waals surface area contributed by atoms with E-state index in [1.165, 1.54) is 0 Å². The fraction of sp³-hybridized carbons (Fsp3) is 0.500. The van der Waals surface area contributed by atoms with Gasteiger partial charge in [0.25, 0.3) is 0 Å². The number of nitrogens with zero attached hydrogens (tertiary/aromatic N) is 2. The van der Waals surface area contributed by atoms with E-state index < -0.39 is 19.2 Å². The fourth-order valence-corrected chi connectivity index (χ4v) is 3.14. The van der Waals surface area contributed by atoms with Crippen LogP contribution in [0, 0.1) is 11.3 Å². The normalized spacial score (nSPS) is 17.5. The van der Waals surface area contributed by atoms with E-state index in [1.807, 2.05) is 36.4 Å². The maximum absolute atomic E-state index is 12.1. The fourth-order valence-electron chi connectivity index (χ4n) is 3.14. The van der Waals surface area contributed by atoms with Gasteiger partial charge in [0.15, 0.2) is 0 Å². The van der Waals surface area contributed by atoms with Crippen LogP contribution in [0.4, 0.5) is 4.79 Å². The molecule has 1 aliphatic heterocycles. The van der Waals surface area contributed by atoms with Crippen molar-refractivity contribution in [1.29, 1.82) is 5.26 Å². The van der Waals surface area contributed by atoms with Crippen molar-refractivity contribution in [2.75, 3.05) is 13.2 Å². The molecule has 0 aliphatic carbocycles. The molecular formula is C18H24BN3O5. The number of piperidine rings is 1. The lowest BCUT2D eigenvalue weighted by molar-refractivity contribution is -0.134. The van der Waals surface area contributed by atoms with Crippen molar-refractivity contribution in [3.63, 3.8) is 0 Å². The average molecular weight is 373 g/mol. The summed E-state index contributed by atoms with van der Waals surface area (Å²) in [4.78, 5) is 25.7. The van der Waals surface area contributed by atoms with E-state index in [9.17, 15) is 19.6 Å². The van der Waals surface area contributed by atoms with Gasteiger partial charge in [-0.15, -0.1) is 0 Å². The van der Waals surface area contributed by atoms with E-state index >= 15 is 0 Å². The maximum atomic E-state index is 12.1. The number of rotatable bonds is 7. The zero-order valence-corrected chi connectivity index (χ0v) is 15.1. The minimum absolute atomic E-state index is 0.00256. The molecule has 2 amide bonds. The van der Waals surface area contributed by atoms with Gasteiger partial charge in [0.1, 0.15) is 13.0 Å². The topological polar surface area (TPSA) is 123 Å². The minimum atomic E-state index is -1.74. The number of nitrogens with one attached hydrogen (secondary N) is 1. The summed E-state index contributed by atoms with van der Waals surface area (Å²) >= 11 is 0. The van der Waals surface area contributed by atoms with E-state index in [0.717, 1.165) is 18.4 Å². The number of nitriles is 1.